The molecule has 1 N–H and O–H groups in total. The number of aryl methyl sites for hydroxylation is 1. The predicted molar refractivity (Wildman–Crippen MR) is 88.8 cm³/mol. The first-order chi connectivity index (χ1) is 10.1. The fraction of sp³-hybridized carbons (Fsp3) is 0.438. The third-order valence-corrected chi connectivity index (χ3v) is 3.80. The Labute approximate surface area is 131 Å². The Morgan fingerprint density at radius 1 is 1.38 bits per heavy atom. The first-order valence-electron chi connectivity index (χ1n) is 7.29. The predicted octanol–water partition coefficient (Wildman–Crippen LogP) is 3.21. The van der Waals surface area contributed by atoms with E-state index in [1.165, 1.54) is 5.56 Å². The lowest BCUT2D eigenvalue weighted by molar-refractivity contribution is 0.672. The third-order valence-electron chi connectivity index (χ3n) is 3.49. The summed E-state index contributed by atoms with van der Waals surface area (Å²) in [5.74, 6) is 1.02. The SMILES string of the molecule is CCCNCc1cccc(Cl)c1N(C)Cc1nccn1C. The largest absolute Gasteiger partial charge is 0.366 e. The highest BCUT2D eigenvalue weighted by Gasteiger charge is 2.13. The van der Waals surface area contributed by atoms with Crippen molar-refractivity contribution in [1.82, 2.24) is 14.9 Å². The lowest BCUT2D eigenvalue weighted by Gasteiger charge is -2.23. The summed E-state index contributed by atoms with van der Waals surface area (Å²) in [7, 11) is 4.06. The molecular weight excluding hydrogens is 284 g/mol. The molecule has 0 aliphatic heterocycles. The van der Waals surface area contributed by atoms with Crippen LogP contribution in [0.1, 0.15) is 24.7 Å². The van der Waals surface area contributed by atoms with Gasteiger partial charge in [-0.2, -0.15) is 0 Å². The molecule has 0 radical (unpaired) electrons. The van der Waals surface area contributed by atoms with Crippen LogP contribution in [0.4, 0.5) is 5.69 Å². The number of halogens is 1. The summed E-state index contributed by atoms with van der Waals surface area (Å²) < 4.78 is 2.03. The first-order valence-corrected chi connectivity index (χ1v) is 7.66. The molecule has 0 atom stereocenters. The van der Waals surface area contributed by atoms with Crippen LogP contribution in [0, 0.1) is 0 Å². The van der Waals surface area contributed by atoms with Gasteiger partial charge in [-0.1, -0.05) is 30.7 Å². The topological polar surface area (TPSA) is 33.1 Å². The van der Waals surface area contributed by atoms with E-state index in [2.05, 4.69) is 35.2 Å². The zero-order valence-corrected chi connectivity index (χ0v) is 13.7. The van der Waals surface area contributed by atoms with Crippen molar-refractivity contribution in [2.75, 3.05) is 18.5 Å². The molecule has 21 heavy (non-hydrogen) atoms. The fourth-order valence-corrected chi connectivity index (χ4v) is 2.71. The molecule has 4 nitrogen and oxygen atoms in total. The molecule has 0 aliphatic rings. The monoisotopic (exact) mass is 306 g/mol. The highest BCUT2D eigenvalue weighted by atomic mass is 35.5. The molecule has 0 saturated heterocycles. The molecular formula is C16H23ClN4. The normalized spacial score (nSPS) is 10.9. The van der Waals surface area contributed by atoms with Crippen LogP contribution in [0.15, 0.2) is 30.6 Å². The molecule has 0 amide bonds. The molecule has 1 heterocycles. The quantitative estimate of drug-likeness (QED) is 0.797. The molecule has 1 aromatic carbocycles. The van der Waals surface area contributed by atoms with Crippen molar-refractivity contribution < 1.29 is 0 Å². The van der Waals surface area contributed by atoms with Crippen molar-refractivity contribution in [3.8, 4) is 0 Å². The highest BCUT2D eigenvalue weighted by Crippen LogP contribution is 2.30. The Morgan fingerprint density at radius 3 is 2.86 bits per heavy atom. The standard InChI is InChI=1S/C16H23ClN4/c1-4-8-18-11-13-6-5-7-14(17)16(13)21(3)12-15-19-9-10-20(15)2/h5-7,9-10,18H,4,8,11-12H2,1-3H3. The van der Waals surface area contributed by atoms with Crippen LogP contribution >= 0.6 is 11.6 Å². The smallest absolute Gasteiger partial charge is 0.127 e. The lowest BCUT2D eigenvalue weighted by atomic mass is 10.1. The molecule has 0 unspecified atom stereocenters. The molecule has 2 aromatic rings. The van der Waals surface area contributed by atoms with Gasteiger partial charge in [-0.25, -0.2) is 4.98 Å². The zero-order chi connectivity index (χ0) is 15.2. The van der Waals surface area contributed by atoms with E-state index in [0.717, 1.165) is 42.6 Å². The number of aromatic nitrogens is 2. The average Bonchev–Trinajstić information content (AvgIpc) is 2.84. The number of para-hydroxylation sites is 1. The van der Waals surface area contributed by atoms with E-state index in [9.17, 15) is 0 Å². The summed E-state index contributed by atoms with van der Waals surface area (Å²) in [5.41, 5.74) is 2.29. The third kappa shape index (κ3) is 3.99. The first kappa shape index (κ1) is 15.9. The minimum absolute atomic E-state index is 0.730. The summed E-state index contributed by atoms with van der Waals surface area (Å²) in [5, 5.41) is 4.22. The second-order valence-electron chi connectivity index (χ2n) is 5.23. The molecule has 0 aliphatic carbocycles. The molecule has 1 aromatic heterocycles. The molecule has 0 saturated carbocycles. The van der Waals surface area contributed by atoms with E-state index in [0.29, 0.717) is 0 Å². The van der Waals surface area contributed by atoms with Gasteiger partial charge < -0.3 is 14.8 Å². The minimum atomic E-state index is 0.730. The Bertz CT molecular complexity index is 579. The van der Waals surface area contributed by atoms with Crippen LogP contribution < -0.4 is 10.2 Å². The maximum Gasteiger partial charge on any atom is 0.127 e. The highest BCUT2D eigenvalue weighted by molar-refractivity contribution is 6.33. The van der Waals surface area contributed by atoms with Crippen LogP contribution in [0.25, 0.3) is 0 Å². The Hall–Kier alpha value is -1.52. The summed E-state index contributed by atoms with van der Waals surface area (Å²) in [4.78, 5) is 6.54. The second kappa shape index (κ2) is 7.48. The average molecular weight is 307 g/mol. The van der Waals surface area contributed by atoms with Gasteiger partial charge in [-0.15, -0.1) is 0 Å². The van der Waals surface area contributed by atoms with Crippen molar-refractivity contribution in [2.24, 2.45) is 7.05 Å². The number of nitrogens with zero attached hydrogens (tertiary/aromatic N) is 3. The number of hydrogen-bond donors (Lipinski definition) is 1. The molecule has 0 fully saturated rings. The Kier molecular flexibility index (Phi) is 5.65. The number of benzene rings is 1. The molecule has 5 heteroatoms. The number of rotatable bonds is 7. The Balaban J connectivity index is 2.18. The van der Waals surface area contributed by atoms with E-state index < -0.39 is 0 Å². The van der Waals surface area contributed by atoms with Crippen LogP contribution in [0.3, 0.4) is 0 Å². The number of anilines is 1. The summed E-state index contributed by atoms with van der Waals surface area (Å²) >= 11 is 6.42. The van der Waals surface area contributed by atoms with Gasteiger partial charge in [0.05, 0.1) is 17.3 Å². The van der Waals surface area contributed by atoms with Gasteiger partial charge in [0.2, 0.25) is 0 Å². The van der Waals surface area contributed by atoms with Gasteiger partial charge in [-0.05, 0) is 24.6 Å². The van der Waals surface area contributed by atoms with E-state index in [1.54, 1.807) is 0 Å². The zero-order valence-electron chi connectivity index (χ0n) is 12.9. The van der Waals surface area contributed by atoms with E-state index in [1.807, 2.05) is 36.1 Å². The second-order valence-corrected chi connectivity index (χ2v) is 5.64. The van der Waals surface area contributed by atoms with Gasteiger partial charge in [0.1, 0.15) is 5.82 Å². The van der Waals surface area contributed by atoms with Gasteiger partial charge in [-0.3, -0.25) is 0 Å². The molecule has 0 spiro atoms. The maximum absolute atomic E-state index is 6.42. The molecule has 2 rings (SSSR count). The number of hydrogen-bond acceptors (Lipinski definition) is 3. The summed E-state index contributed by atoms with van der Waals surface area (Å²) in [6.45, 7) is 4.73. The van der Waals surface area contributed by atoms with Crippen molar-refractivity contribution >= 4 is 17.3 Å². The van der Waals surface area contributed by atoms with Gasteiger partial charge in [0.15, 0.2) is 0 Å². The van der Waals surface area contributed by atoms with Crippen molar-refractivity contribution in [2.45, 2.75) is 26.4 Å². The molecule has 0 bridgehead atoms. The molecule has 114 valence electrons. The maximum atomic E-state index is 6.42. The van der Waals surface area contributed by atoms with Crippen molar-refractivity contribution in [3.05, 3.63) is 47.0 Å². The van der Waals surface area contributed by atoms with Gasteiger partial charge in [0, 0.05) is 33.0 Å². The minimum Gasteiger partial charge on any atom is -0.366 e. The summed E-state index contributed by atoms with van der Waals surface area (Å²) in [6, 6.07) is 6.07. The van der Waals surface area contributed by atoms with E-state index >= 15 is 0 Å². The van der Waals surface area contributed by atoms with E-state index in [-0.39, 0.29) is 0 Å². The van der Waals surface area contributed by atoms with Crippen LogP contribution in [-0.4, -0.2) is 23.1 Å². The van der Waals surface area contributed by atoms with Gasteiger partial charge in [0.25, 0.3) is 0 Å². The number of nitrogens with one attached hydrogen (secondary N) is 1. The number of imidazole rings is 1. The Morgan fingerprint density at radius 2 is 2.19 bits per heavy atom. The lowest BCUT2D eigenvalue weighted by Crippen LogP contribution is -2.23. The van der Waals surface area contributed by atoms with Crippen LogP contribution in [0.2, 0.25) is 5.02 Å². The van der Waals surface area contributed by atoms with E-state index in [4.69, 9.17) is 11.6 Å². The fourth-order valence-electron chi connectivity index (χ4n) is 2.37. The summed E-state index contributed by atoms with van der Waals surface area (Å²) in [6.07, 6.45) is 4.90. The van der Waals surface area contributed by atoms with Crippen molar-refractivity contribution in [1.29, 1.82) is 0 Å². The van der Waals surface area contributed by atoms with Crippen LogP contribution in [-0.2, 0) is 20.1 Å². The van der Waals surface area contributed by atoms with Crippen molar-refractivity contribution in [3.63, 3.8) is 0 Å². The van der Waals surface area contributed by atoms with Gasteiger partial charge >= 0.3 is 0 Å². The van der Waals surface area contributed by atoms with Crippen LogP contribution in [0.5, 0.6) is 0 Å².